The molecule has 6 fully saturated rings. The van der Waals surface area contributed by atoms with Crippen LogP contribution in [0.15, 0.2) is 65.9 Å². The van der Waals surface area contributed by atoms with Crippen molar-refractivity contribution in [3.8, 4) is 0 Å². The first-order chi connectivity index (χ1) is 35.8. The number of aromatic nitrogens is 1. The number of nitrogens with one attached hydrogen (secondary N) is 2. The quantitative estimate of drug-likeness (QED) is 0.167. The molecular formula is C55H71F6N9O5. The van der Waals surface area contributed by atoms with E-state index in [-0.39, 0.29) is 103 Å². The van der Waals surface area contributed by atoms with Crippen LogP contribution < -0.4 is 36.0 Å². The zero-order valence-corrected chi connectivity index (χ0v) is 43.3. The molecule has 8 heterocycles. The predicted octanol–water partition coefficient (Wildman–Crippen LogP) is 9.66. The van der Waals surface area contributed by atoms with Gasteiger partial charge in [-0.15, -0.1) is 0 Å². The number of carbonyl (C=O) groups is 2. The molecule has 14 nitrogen and oxygen atoms in total. The standard InChI is InChI=1S/C27H36F2N4O2.C25H27F4N5O2.C3H8O/c1-16(2)21(28)10-18-13-32(27(34)17-6-4-3-5-7-17)25-12-24(22(29)11-23(25)31-26(18)30)33-19-8-9-20(33)15-35-14-19;26-19-9-20-22(10-21(19)33-12-18-8-17(33)13-36-18)34(11-16-2-1-5-30-23(16)31-20)24(35)15-3-6-32(7-4-15)14-25(27,28)29;1-3(2)4/h10-12,16-17,19-20,31H,3-9,13-15,30H2,1-2H3;1-2,5,9-10,15,17-18H,3-4,6-8,11-14H2,(H,30,31);3-4H,1-2H3/b21-10+;;. The van der Waals surface area contributed by atoms with Crippen LogP contribution in [0.5, 0.6) is 0 Å². The molecule has 75 heavy (non-hydrogen) atoms. The first kappa shape index (κ1) is 54.2. The van der Waals surface area contributed by atoms with E-state index in [4.69, 9.17) is 20.3 Å². The van der Waals surface area contributed by atoms with Gasteiger partial charge in [-0.3, -0.25) is 14.5 Å². The van der Waals surface area contributed by atoms with Gasteiger partial charge in [0, 0.05) is 59.9 Å². The van der Waals surface area contributed by atoms with Crippen LogP contribution in [0.2, 0.25) is 0 Å². The van der Waals surface area contributed by atoms with Crippen LogP contribution in [0.3, 0.4) is 0 Å². The summed E-state index contributed by atoms with van der Waals surface area (Å²) in [7, 11) is 0. The molecule has 3 aromatic rings. The second-order valence-electron chi connectivity index (χ2n) is 21.8. The molecule has 1 saturated carbocycles. The molecule has 2 amide bonds. The van der Waals surface area contributed by atoms with Crippen molar-refractivity contribution in [2.45, 2.75) is 135 Å². The molecule has 11 rings (SSSR count). The van der Waals surface area contributed by atoms with Gasteiger partial charge in [0.1, 0.15) is 29.1 Å². The lowest BCUT2D eigenvalue weighted by atomic mass is 9.88. The molecule has 1 aromatic heterocycles. The minimum Gasteiger partial charge on any atom is -0.394 e. The number of alkyl halides is 3. The number of morpholine rings is 2. The maximum atomic E-state index is 15.5. The van der Waals surface area contributed by atoms with E-state index in [0.717, 1.165) is 56.9 Å². The summed E-state index contributed by atoms with van der Waals surface area (Å²) in [6.07, 6.45) is 7.01. The van der Waals surface area contributed by atoms with E-state index in [2.05, 4.69) is 20.5 Å². The van der Waals surface area contributed by atoms with Gasteiger partial charge in [0.05, 0.1) is 97.8 Å². The van der Waals surface area contributed by atoms with Gasteiger partial charge in [-0.05, 0) is 96.2 Å². The third-order valence-corrected chi connectivity index (χ3v) is 15.5. The van der Waals surface area contributed by atoms with Crippen LogP contribution in [-0.2, 0) is 25.6 Å². The monoisotopic (exact) mass is 1050 g/mol. The molecule has 4 unspecified atom stereocenters. The number of allylic oxidation sites excluding steroid dienone is 1. The van der Waals surface area contributed by atoms with Crippen molar-refractivity contribution < 1.29 is 50.5 Å². The van der Waals surface area contributed by atoms with Gasteiger partial charge < -0.3 is 50.5 Å². The van der Waals surface area contributed by atoms with E-state index in [1.54, 1.807) is 61.9 Å². The molecule has 1 aliphatic carbocycles. The second-order valence-corrected chi connectivity index (χ2v) is 21.8. The Hall–Kier alpha value is -5.57. The van der Waals surface area contributed by atoms with Crippen LogP contribution in [-0.4, -0.2) is 116 Å². The van der Waals surface area contributed by atoms with Gasteiger partial charge in [-0.1, -0.05) is 39.2 Å². The number of piperidine rings is 1. The largest absolute Gasteiger partial charge is 0.401 e. The number of carbonyl (C=O) groups excluding carboxylic acids is 2. The normalized spacial score (nSPS) is 24.1. The molecule has 408 valence electrons. The van der Waals surface area contributed by atoms with E-state index in [9.17, 15) is 27.2 Å². The van der Waals surface area contributed by atoms with Crippen LogP contribution in [0, 0.1) is 29.4 Å². The average molecular weight is 1050 g/mol. The number of aliphatic hydroxyl groups is 1. The number of rotatable bonds is 7. The lowest BCUT2D eigenvalue weighted by Crippen LogP contribution is -2.46. The Morgan fingerprint density at radius 3 is 2.01 bits per heavy atom. The number of likely N-dealkylation sites (tertiary alicyclic amines) is 1. The number of benzene rings is 2. The summed E-state index contributed by atoms with van der Waals surface area (Å²) < 4.78 is 95.4. The van der Waals surface area contributed by atoms with Gasteiger partial charge in [0.15, 0.2) is 0 Å². The molecular weight excluding hydrogens is 981 g/mol. The number of nitrogens with zero attached hydrogens (tertiary/aromatic N) is 6. The number of halogens is 6. The van der Waals surface area contributed by atoms with E-state index in [1.807, 2.05) is 11.0 Å². The van der Waals surface area contributed by atoms with Gasteiger partial charge in [-0.25, -0.2) is 18.2 Å². The first-order valence-electron chi connectivity index (χ1n) is 26.7. The summed E-state index contributed by atoms with van der Waals surface area (Å²) in [4.78, 5) is 40.9. The Morgan fingerprint density at radius 2 is 1.41 bits per heavy atom. The zero-order valence-electron chi connectivity index (χ0n) is 43.3. The molecule has 4 atom stereocenters. The van der Waals surface area contributed by atoms with Crippen molar-refractivity contribution in [3.05, 3.63) is 83.1 Å². The van der Waals surface area contributed by atoms with Crippen LogP contribution in [0.25, 0.3) is 0 Å². The number of pyridine rings is 1. The molecule has 7 aliphatic heterocycles. The molecule has 20 heteroatoms. The highest BCUT2D eigenvalue weighted by Crippen LogP contribution is 2.45. The molecule has 0 radical (unpaired) electrons. The highest BCUT2D eigenvalue weighted by atomic mass is 19.4. The zero-order chi connectivity index (χ0) is 53.3. The number of ether oxygens (including phenoxy) is 2. The number of hydrogen-bond donors (Lipinski definition) is 4. The number of amides is 2. The summed E-state index contributed by atoms with van der Waals surface area (Å²) in [5, 5.41) is 14.3. The Bertz CT molecular complexity index is 2600. The molecule has 5 saturated heterocycles. The van der Waals surface area contributed by atoms with Crippen molar-refractivity contribution in [2.75, 3.05) is 82.8 Å². The van der Waals surface area contributed by atoms with Crippen molar-refractivity contribution in [2.24, 2.45) is 23.5 Å². The van der Waals surface area contributed by atoms with Crippen molar-refractivity contribution in [1.82, 2.24) is 9.88 Å². The fourth-order valence-corrected chi connectivity index (χ4v) is 11.7. The number of nitrogens with two attached hydrogens (primary N) is 1. The molecule has 8 aliphatic rings. The molecule has 4 bridgehead atoms. The molecule has 0 spiro atoms. The van der Waals surface area contributed by atoms with E-state index >= 15 is 8.78 Å². The summed E-state index contributed by atoms with van der Waals surface area (Å²) in [6.45, 7) is 9.12. The summed E-state index contributed by atoms with van der Waals surface area (Å²) >= 11 is 0. The summed E-state index contributed by atoms with van der Waals surface area (Å²) in [6, 6.07) is 10.3. The number of fused-ring (bicyclic) bond motifs is 7. The topological polar surface area (TPSA) is 152 Å². The minimum absolute atomic E-state index is 0.000752. The number of hydrogen-bond acceptors (Lipinski definition) is 12. The van der Waals surface area contributed by atoms with E-state index < -0.39 is 18.6 Å². The first-order valence-corrected chi connectivity index (χ1v) is 26.7. The third-order valence-electron chi connectivity index (χ3n) is 15.5. The van der Waals surface area contributed by atoms with Crippen molar-refractivity contribution >= 4 is 51.8 Å². The van der Waals surface area contributed by atoms with Crippen LogP contribution in [0.4, 0.5) is 66.3 Å². The lowest BCUT2D eigenvalue weighted by molar-refractivity contribution is -0.149. The van der Waals surface area contributed by atoms with Gasteiger partial charge >= 0.3 is 6.18 Å². The van der Waals surface area contributed by atoms with E-state index in [0.29, 0.717) is 84.7 Å². The van der Waals surface area contributed by atoms with Gasteiger partial charge in [0.25, 0.3) is 0 Å². The van der Waals surface area contributed by atoms with Crippen molar-refractivity contribution in [3.63, 3.8) is 0 Å². The van der Waals surface area contributed by atoms with Crippen LogP contribution in [0.1, 0.15) is 97.5 Å². The number of anilines is 7. The summed E-state index contributed by atoms with van der Waals surface area (Å²) in [5.74, 6) is -1.24. The Labute approximate surface area is 435 Å². The Balaban J connectivity index is 0.000000172. The van der Waals surface area contributed by atoms with Crippen molar-refractivity contribution in [1.29, 1.82) is 0 Å². The smallest absolute Gasteiger partial charge is 0.394 e. The van der Waals surface area contributed by atoms with E-state index in [1.165, 1.54) is 23.1 Å². The highest BCUT2D eigenvalue weighted by Gasteiger charge is 2.43. The maximum absolute atomic E-state index is 15.5. The van der Waals surface area contributed by atoms with Gasteiger partial charge in [0.2, 0.25) is 11.8 Å². The van der Waals surface area contributed by atoms with Crippen LogP contribution >= 0.6 is 0 Å². The SMILES string of the molecule is CC(C)/C(F)=C\C1=C(N)Nc2cc(F)c(N3C4CCC3COC4)cc2N(C(=O)C2CCCCC2)C1.CC(C)O.O=C(C1CCN(CC(F)(F)F)CC1)N1Cc2cccnc2Nc2cc(F)c(N3CC4CC3CO4)cc21. The predicted molar refractivity (Wildman–Crippen MR) is 277 cm³/mol. The fourth-order valence-electron chi connectivity index (χ4n) is 11.7. The van der Waals surface area contributed by atoms with Gasteiger partial charge in [-0.2, -0.15) is 13.2 Å². The maximum Gasteiger partial charge on any atom is 0.401 e. The highest BCUT2D eigenvalue weighted by molar-refractivity contribution is 6.01. The minimum atomic E-state index is -4.26. The third kappa shape index (κ3) is 12.3. The Morgan fingerprint density at radius 1 is 0.813 bits per heavy atom. The fraction of sp³-hybridized carbons (Fsp3) is 0.582. The lowest BCUT2D eigenvalue weighted by Gasteiger charge is -2.37. The Kier molecular flexibility index (Phi) is 16.6. The summed E-state index contributed by atoms with van der Waals surface area (Å²) in [5.41, 5.74) is 10.6. The molecule has 2 aromatic carbocycles. The average Bonchev–Trinajstić information content (AvgIpc) is 4.01. The number of aliphatic hydroxyl groups excluding tert-OH is 1. The molecule has 5 N–H and O–H groups in total. The second kappa shape index (κ2) is 23.0.